The zero-order valence-corrected chi connectivity index (χ0v) is 14.9. The van der Waals surface area contributed by atoms with E-state index < -0.39 is 0 Å². The van der Waals surface area contributed by atoms with Crippen LogP contribution in [0.4, 0.5) is 0 Å². The van der Waals surface area contributed by atoms with Crippen LogP contribution in [0, 0.1) is 5.92 Å². The lowest BCUT2D eigenvalue weighted by molar-refractivity contribution is -0.141. The first kappa shape index (κ1) is 17.7. The molecule has 3 atom stereocenters. The van der Waals surface area contributed by atoms with Crippen LogP contribution in [-0.4, -0.2) is 50.1 Å². The maximum atomic E-state index is 12.8. The Bertz CT molecular complexity index is 610. The van der Waals surface area contributed by atoms with Crippen molar-refractivity contribution in [3.63, 3.8) is 0 Å². The quantitative estimate of drug-likeness (QED) is 0.884. The third kappa shape index (κ3) is 3.95. The molecule has 0 bridgehead atoms. The highest BCUT2D eigenvalue weighted by atomic mass is 16.5. The van der Waals surface area contributed by atoms with Crippen molar-refractivity contribution in [3.05, 3.63) is 29.8 Å². The molecule has 2 amide bonds. The molecule has 136 valence electrons. The van der Waals surface area contributed by atoms with Crippen molar-refractivity contribution in [2.24, 2.45) is 5.92 Å². The summed E-state index contributed by atoms with van der Waals surface area (Å²) in [5.74, 6) is 0.574. The third-order valence-electron chi connectivity index (χ3n) is 5.18. The van der Waals surface area contributed by atoms with Gasteiger partial charge in [0, 0.05) is 26.6 Å². The maximum absolute atomic E-state index is 12.8. The lowest BCUT2D eigenvalue weighted by Crippen LogP contribution is -2.47. The second-order valence-electron chi connectivity index (χ2n) is 6.75. The Balaban J connectivity index is 1.74. The number of piperidine rings is 1. The molecule has 2 aliphatic rings. The van der Waals surface area contributed by atoms with E-state index in [1.807, 2.05) is 24.3 Å². The van der Waals surface area contributed by atoms with Crippen molar-refractivity contribution in [2.75, 3.05) is 27.3 Å². The van der Waals surface area contributed by atoms with Crippen LogP contribution in [-0.2, 0) is 14.3 Å². The predicted octanol–water partition coefficient (Wildman–Crippen LogP) is 1.90. The second kappa shape index (κ2) is 7.87. The van der Waals surface area contributed by atoms with E-state index in [0.29, 0.717) is 19.4 Å². The topological polar surface area (TPSA) is 67.9 Å². The van der Waals surface area contributed by atoms with Crippen LogP contribution in [0.15, 0.2) is 24.3 Å². The number of carbonyl (C=O) groups excluding carboxylic acids is 2. The SMILES string of the molecule is COc1ccc([C@@H]2[C@@H](C(=O)NC[C@H]3CCCO3)CCC(=O)N2C)cc1. The number of carbonyl (C=O) groups is 2. The first-order chi connectivity index (χ1) is 12.1. The number of benzene rings is 1. The highest BCUT2D eigenvalue weighted by molar-refractivity contribution is 5.84. The van der Waals surface area contributed by atoms with E-state index in [9.17, 15) is 9.59 Å². The molecule has 2 fully saturated rings. The van der Waals surface area contributed by atoms with E-state index in [1.165, 1.54) is 0 Å². The molecule has 0 aromatic heterocycles. The molecule has 0 spiro atoms. The molecule has 1 N–H and O–H groups in total. The first-order valence-corrected chi connectivity index (χ1v) is 8.89. The normalized spacial score (nSPS) is 26.6. The standard InChI is InChI=1S/C19H26N2O4/c1-21-17(22)10-9-16(19(23)20-12-15-4-3-11-25-15)18(21)13-5-7-14(24-2)8-6-13/h5-8,15-16,18H,3-4,9-12H2,1-2H3,(H,20,23)/t15-,16+,18-/m1/s1. The Labute approximate surface area is 148 Å². The molecule has 2 aliphatic heterocycles. The molecule has 1 aromatic carbocycles. The molecule has 6 nitrogen and oxygen atoms in total. The summed E-state index contributed by atoms with van der Waals surface area (Å²) in [4.78, 5) is 26.7. The van der Waals surface area contributed by atoms with E-state index in [2.05, 4.69) is 5.32 Å². The van der Waals surface area contributed by atoms with Crippen molar-refractivity contribution in [1.29, 1.82) is 0 Å². The van der Waals surface area contributed by atoms with Gasteiger partial charge in [0.05, 0.1) is 25.2 Å². The summed E-state index contributed by atoms with van der Waals surface area (Å²) in [5.41, 5.74) is 0.952. The lowest BCUT2D eigenvalue weighted by atomic mass is 9.84. The molecule has 25 heavy (non-hydrogen) atoms. The minimum absolute atomic E-state index is 0.00401. The van der Waals surface area contributed by atoms with Crippen molar-refractivity contribution in [2.45, 2.75) is 37.8 Å². The molecule has 0 saturated carbocycles. The fourth-order valence-electron chi connectivity index (χ4n) is 3.72. The fourth-order valence-corrected chi connectivity index (χ4v) is 3.72. The van der Waals surface area contributed by atoms with Crippen LogP contribution in [0.1, 0.15) is 37.3 Å². The van der Waals surface area contributed by atoms with Crippen LogP contribution in [0.3, 0.4) is 0 Å². The van der Waals surface area contributed by atoms with Gasteiger partial charge < -0.3 is 19.7 Å². The molecule has 0 radical (unpaired) electrons. The summed E-state index contributed by atoms with van der Waals surface area (Å²) in [6.07, 6.45) is 3.13. The van der Waals surface area contributed by atoms with Crippen molar-refractivity contribution in [1.82, 2.24) is 10.2 Å². The van der Waals surface area contributed by atoms with Gasteiger partial charge in [0.25, 0.3) is 0 Å². The van der Waals surface area contributed by atoms with Crippen molar-refractivity contribution < 1.29 is 19.1 Å². The van der Waals surface area contributed by atoms with Gasteiger partial charge in [-0.05, 0) is 37.0 Å². The predicted molar refractivity (Wildman–Crippen MR) is 93.2 cm³/mol. The summed E-state index contributed by atoms with van der Waals surface area (Å²) < 4.78 is 10.8. The van der Waals surface area contributed by atoms with E-state index in [4.69, 9.17) is 9.47 Å². The summed E-state index contributed by atoms with van der Waals surface area (Å²) in [7, 11) is 3.39. The lowest BCUT2D eigenvalue weighted by Gasteiger charge is -2.38. The summed E-state index contributed by atoms with van der Waals surface area (Å²) in [5, 5.41) is 3.03. The molecule has 0 aliphatic carbocycles. The second-order valence-corrected chi connectivity index (χ2v) is 6.75. The molecular formula is C19H26N2O4. The molecule has 2 saturated heterocycles. The highest BCUT2D eigenvalue weighted by Gasteiger charge is 2.39. The minimum Gasteiger partial charge on any atom is -0.497 e. The Hall–Kier alpha value is -2.08. The van der Waals surface area contributed by atoms with Crippen LogP contribution in [0.2, 0.25) is 0 Å². The molecule has 3 rings (SSSR count). The summed E-state index contributed by atoms with van der Waals surface area (Å²) >= 11 is 0. The van der Waals surface area contributed by atoms with Gasteiger partial charge in [-0.15, -0.1) is 0 Å². The number of rotatable bonds is 5. The average Bonchev–Trinajstić information content (AvgIpc) is 3.15. The zero-order valence-electron chi connectivity index (χ0n) is 14.9. The van der Waals surface area contributed by atoms with Crippen molar-refractivity contribution >= 4 is 11.8 Å². The first-order valence-electron chi connectivity index (χ1n) is 8.89. The van der Waals surface area contributed by atoms with Gasteiger partial charge in [-0.2, -0.15) is 0 Å². The molecule has 6 heteroatoms. The number of amides is 2. The maximum Gasteiger partial charge on any atom is 0.225 e. The number of hydrogen-bond donors (Lipinski definition) is 1. The average molecular weight is 346 g/mol. The van der Waals surface area contributed by atoms with Gasteiger partial charge in [-0.25, -0.2) is 0 Å². The minimum atomic E-state index is -0.253. The van der Waals surface area contributed by atoms with Crippen LogP contribution in [0.5, 0.6) is 5.75 Å². The van der Waals surface area contributed by atoms with Crippen LogP contribution in [0.25, 0.3) is 0 Å². The number of nitrogens with zero attached hydrogens (tertiary/aromatic N) is 1. The molecular weight excluding hydrogens is 320 g/mol. The van der Waals surface area contributed by atoms with E-state index >= 15 is 0 Å². The van der Waals surface area contributed by atoms with E-state index in [-0.39, 0.29) is 29.9 Å². The zero-order chi connectivity index (χ0) is 17.8. The summed E-state index contributed by atoms with van der Waals surface area (Å²) in [6, 6.07) is 7.34. The Morgan fingerprint density at radius 1 is 1.32 bits per heavy atom. The number of hydrogen-bond acceptors (Lipinski definition) is 4. The Morgan fingerprint density at radius 2 is 2.08 bits per heavy atom. The van der Waals surface area contributed by atoms with Gasteiger partial charge in [0.15, 0.2) is 0 Å². The monoisotopic (exact) mass is 346 g/mol. The smallest absolute Gasteiger partial charge is 0.225 e. The van der Waals surface area contributed by atoms with Crippen LogP contribution >= 0.6 is 0 Å². The molecule has 2 heterocycles. The van der Waals surface area contributed by atoms with Gasteiger partial charge >= 0.3 is 0 Å². The van der Waals surface area contributed by atoms with Gasteiger partial charge in [-0.1, -0.05) is 12.1 Å². The largest absolute Gasteiger partial charge is 0.497 e. The Kier molecular flexibility index (Phi) is 5.58. The third-order valence-corrected chi connectivity index (χ3v) is 5.18. The number of methoxy groups -OCH3 is 1. The number of likely N-dealkylation sites (tertiary alicyclic amines) is 1. The van der Waals surface area contributed by atoms with E-state index in [0.717, 1.165) is 30.8 Å². The fraction of sp³-hybridized carbons (Fsp3) is 0.579. The van der Waals surface area contributed by atoms with Gasteiger partial charge in [-0.3, -0.25) is 9.59 Å². The van der Waals surface area contributed by atoms with Gasteiger partial charge in [0.1, 0.15) is 5.75 Å². The van der Waals surface area contributed by atoms with Crippen molar-refractivity contribution in [3.8, 4) is 5.75 Å². The van der Waals surface area contributed by atoms with Gasteiger partial charge in [0.2, 0.25) is 11.8 Å². The highest BCUT2D eigenvalue weighted by Crippen LogP contribution is 2.36. The molecule has 1 aromatic rings. The Morgan fingerprint density at radius 3 is 2.72 bits per heavy atom. The summed E-state index contributed by atoms with van der Waals surface area (Å²) in [6.45, 7) is 1.32. The number of ether oxygens (including phenoxy) is 2. The van der Waals surface area contributed by atoms with Crippen LogP contribution < -0.4 is 10.1 Å². The molecule has 0 unspecified atom stereocenters. The van der Waals surface area contributed by atoms with E-state index in [1.54, 1.807) is 19.1 Å². The number of nitrogens with one attached hydrogen (secondary N) is 1.